The molecule has 1 unspecified atom stereocenters. The van der Waals surface area contributed by atoms with E-state index in [-0.39, 0.29) is 17.7 Å². The average Bonchev–Trinajstić information content (AvgIpc) is 3.22. The zero-order chi connectivity index (χ0) is 16.7. The van der Waals surface area contributed by atoms with Gasteiger partial charge in [-0.1, -0.05) is 11.2 Å². The van der Waals surface area contributed by atoms with Crippen LogP contribution >= 0.6 is 0 Å². The topological polar surface area (TPSA) is 96.7 Å². The highest BCUT2D eigenvalue weighted by Crippen LogP contribution is 2.30. The van der Waals surface area contributed by atoms with Gasteiger partial charge in [-0.3, -0.25) is 4.79 Å². The third-order valence-corrected chi connectivity index (χ3v) is 4.04. The van der Waals surface area contributed by atoms with Gasteiger partial charge in [-0.15, -0.1) is 0 Å². The highest BCUT2D eigenvalue weighted by molar-refractivity contribution is 5.89. The first kappa shape index (κ1) is 14.7. The molecule has 2 N–H and O–H groups in total. The Bertz CT molecular complexity index is 894. The fourth-order valence-electron chi connectivity index (χ4n) is 2.79. The minimum absolute atomic E-state index is 0.00999. The van der Waals surface area contributed by atoms with Gasteiger partial charge in [-0.05, 0) is 18.6 Å². The second-order valence-electron chi connectivity index (χ2n) is 5.62. The molecule has 1 saturated heterocycles. The predicted octanol–water partition coefficient (Wildman–Crippen LogP) is 2.54. The van der Waals surface area contributed by atoms with Gasteiger partial charge in [0.2, 0.25) is 5.91 Å². The quantitative estimate of drug-likeness (QED) is 0.768. The largest absolute Gasteiger partial charge is 0.355 e. The molecule has 124 valence electrons. The average molecular weight is 333 g/mol. The van der Waals surface area contributed by atoms with Crippen LogP contribution in [0.1, 0.15) is 36.8 Å². The number of halogens is 2. The van der Waals surface area contributed by atoms with Crippen LogP contribution in [0.25, 0.3) is 22.5 Å². The maximum absolute atomic E-state index is 12.8. The molecule has 0 bridgehead atoms. The molecule has 4 rings (SSSR count). The lowest BCUT2D eigenvalue weighted by molar-refractivity contribution is -0.122. The molecule has 0 radical (unpaired) electrons. The Hall–Kier alpha value is -2.84. The van der Waals surface area contributed by atoms with Crippen molar-refractivity contribution in [1.29, 1.82) is 0 Å². The summed E-state index contributed by atoms with van der Waals surface area (Å²) in [6, 6.07) is 5.06. The van der Waals surface area contributed by atoms with E-state index in [1.165, 1.54) is 0 Å². The van der Waals surface area contributed by atoms with E-state index in [1.807, 2.05) is 0 Å². The number of hydrogen-bond acceptors (Lipinski definition) is 5. The number of H-pyrrole nitrogens is 1. The SMILES string of the molecule is O=C1CCC(c2noc(-c3cccc4[nH]c(C(F)F)nc34)n2)CN1. The number of carbonyl (C=O) groups excluding carboxylic acids is 1. The second kappa shape index (κ2) is 5.66. The number of nitrogens with one attached hydrogen (secondary N) is 2. The Balaban J connectivity index is 1.69. The number of fused-ring (bicyclic) bond motifs is 1. The van der Waals surface area contributed by atoms with Crippen molar-refractivity contribution in [2.45, 2.75) is 25.2 Å². The Kier molecular flexibility index (Phi) is 3.47. The molecule has 7 nitrogen and oxygen atoms in total. The molecule has 1 aromatic carbocycles. The summed E-state index contributed by atoms with van der Waals surface area (Å²) < 4.78 is 31.0. The van der Waals surface area contributed by atoms with Crippen molar-refractivity contribution in [2.75, 3.05) is 6.54 Å². The summed E-state index contributed by atoms with van der Waals surface area (Å²) >= 11 is 0. The Labute approximate surface area is 134 Å². The van der Waals surface area contributed by atoms with Gasteiger partial charge in [0.15, 0.2) is 11.6 Å². The predicted molar refractivity (Wildman–Crippen MR) is 79.3 cm³/mol. The molecule has 1 aliphatic heterocycles. The van der Waals surface area contributed by atoms with Gasteiger partial charge in [-0.25, -0.2) is 13.8 Å². The number of imidazole rings is 1. The first-order valence-electron chi connectivity index (χ1n) is 7.49. The van der Waals surface area contributed by atoms with E-state index < -0.39 is 12.2 Å². The van der Waals surface area contributed by atoms with E-state index in [0.29, 0.717) is 41.8 Å². The van der Waals surface area contributed by atoms with Crippen LogP contribution in [-0.2, 0) is 4.79 Å². The van der Waals surface area contributed by atoms with Gasteiger partial charge in [0.1, 0.15) is 5.52 Å². The van der Waals surface area contributed by atoms with Crippen molar-refractivity contribution >= 4 is 16.9 Å². The number of aromatic amines is 1. The molecule has 1 atom stereocenters. The lowest BCUT2D eigenvalue weighted by Gasteiger charge is -2.18. The number of nitrogens with zero attached hydrogens (tertiary/aromatic N) is 3. The smallest absolute Gasteiger partial charge is 0.295 e. The van der Waals surface area contributed by atoms with Crippen molar-refractivity contribution < 1.29 is 18.1 Å². The van der Waals surface area contributed by atoms with Gasteiger partial charge < -0.3 is 14.8 Å². The standard InChI is InChI=1S/C15H13F2N5O2/c16-12(17)14-19-9-3-1-2-8(11(9)20-14)15-21-13(22-24-15)7-4-5-10(23)18-6-7/h1-3,7,12H,4-6H2,(H,18,23)(H,19,20). The zero-order valence-corrected chi connectivity index (χ0v) is 12.4. The number of rotatable bonds is 3. The van der Waals surface area contributed by atoms with Crippen molar-refractivity contribution in [2.24, 2.45) is 0 Å². The number of amides is 1. The first-order valence-corrected chi connectivity index (χ1v) is 7.49. The van der Waals surface area contributed by atoms with Crippen molar-refractivity contribution in [3.63, 3.8) is 0 Å². The van der Waals surface area contributed by atoms with Crippen molar-refractivity contribution in [3.8, 4) is 11.5 Å². The normalized spacial score (nSPS) is 18.3. The van der Waals surface area contributed by atoms with Gasteiger partial charge in [0.05, 0.1) is 11.1 Å². The van der Waals surface area contributed by atoms with E-state index in [2.05, 4.69) is 25.4 Å². The number of benzene rings is 1. The van der Waals surface area contributed by atoms with E-state index in [9.17, 15) is 13.6 Å². The van der Waals surface area contributed by atoms with E-state index in [4.69, 9.17) is 4.52 Å². The summed E-state index contributed by atoms with van der Waals surface area (Å²) in [6.45, 7) is 0.458. The molecular formula is C15H13F2N5O2. The van der Waals surface area contributed by atoms with Gasteiger partial charge in [0, 0.05) is 18.9 Å². The number of alkyl halides is 2. The number of para-hydroxylation sites is 1. The van der Waals surface area contributed by atoms with E-state index in [0.717, 1.165) is 0 Å². The molecule has 1 fully saturated rings. The summed E-state index contributed by atoms with van der Waals surface area (Å²) in [5.74, 6) is 0.310. The molecule has 2 aromatic heterocycles. The van der Waals surface area contributed by atoms with Crippen LogP contribution in [0.4, 0.5) is 8.78 Å². The maximum Gasteiger partial charge on any atom is 0.295 e. The van der Waals surface area contributed by atoms with Crippen LogP contribution in [0.15, 0.2) is 22.7 Å². The molecule has 3 heterocycles. The number of aromatic nitrogens is 4. The van der Waals surface area contributed by atoms with Gasteiger partial charge in [0.25, 0.3) is 12.3 Å². The number of carbonyl (C=O) groups is 1. The third-order valence-electron chi connectivity index (χ3n) is 4.04. The molecule has 1 amide bonds. The lowest BCUT2D eigenvalue weighted by Crippen LogP contribution is -2.34. The molecule has 0 spiro atoms. The lowest BCUT2D eigenvalue weighted by atomic mass is 9.99. The Morgan fingerprint density at radius 1 is 1.29 bits per heavy atom. The number of piperidine rings is 1. The Morgan fingerprint density at radius 2 is 2.17 bits per heavy atom. The summed E-state index contributed by atoms with van der Waals surface area (Å²) in [7, 11) is 0. The third kappa shape index (κ3) is 2.51. The fraction of sp³-hybridized carbons (Fsp3) is 0.333. The van der Waals surface area contributed by atoms with Crippen LogP contribution in [0.5, 0.6) is 0 Å². The Morgan fingerprint density at radius 3 is 2.92 bits per heavy atom. The summed E-state index contributed by atoms with van der Waals surface area (Å²) in [4.78, 5) is 22.1. The van der Waals surface area contributed by atoms with E-state index in [1.54, 1.807) is 18.2 Å². The molecular weight excluding hydrogens is 320 g/mol. The highest BCUT2D eigenvalue weighted by atomic mass is 19.3. The van der Waals surface area contributed by atoms with Gasteiger partial charge >= 0.3 is 0 Å². The second-order valence-corrected chi connectivity index (χ2v) is 5.62. The van der Waals surface area contributed by atoms with Crippen molar-refractivity contribution in [1.82, 2.24) is 25.4 Å². The van der Waals surface area contributed by atoms with E-state index >= 15 is 0 Å². The monoisotopic (exact) mass is 333 g/mol. The first-order chi connectivity index (χ1) is 11.6. The highest BCUT2D eigenvalue weighted by Gasteiger charge is 2.25. The number of hydrogen-bond donors (Lipinski definition) is 2. The molecule has 9 heteroatoms. The molecule has 1 aliphatic rings. The summed E-state index contributed by atoms with van der Waals surface area (Å²) in [6.07, 6.45) is -1.62. The van der Waals surface area contributed by atoms with Crippen LogP contribution in [-0.4, -0.2) is 32.6 Å². The minimum atomic E-state index is -2.69. The summed E-state index contributed by atoms with van der Waals surface area (Å²) in [5.41, 5.74) is 1.33. The van der Waals surface area contributed by atoms with Crippen LogP contribution < -0.4 is 5.32 Å². The van der Waals surface area contributed by atoms with Crippen LogP contribution in [0, 0.1) is 0 Å². The van der Waals surface area contributed by atoms with Crippen LogP contribution in [0.2, 0.25) is 0 Å². The fourth-order valence-corrected chi connectivity index (χ4v) is 2.79. The molecule has 24 heavy (non-hydrogen) atoms. The minimum Gasteiger partial charge on any atom is -0.355 e. The molecule has 0 saturated carbocycles. The van der Waals surface area contributed by atoms with Crippen molar-refractivity contribution in [3.05, 3.63) is 29.8 Å². The van der Waals surface area contributed by atoms with Crippen LogP contribution in [0.3, 0.4) is 0 Å². The maximum atomic E-state index is 12.8. The van der Waals surface area contributed by atoms with Gasteiger partial charge in [-0.2, -0.15) is 4.98 Å². The molecule has 3 aromatic rings. The zero-order valence-electron chi connectivity index (χ0n) is 12.4. The molecule has 0 aliphatic carbocycles. The summed E-state index contributed by atoms with van der Waals surface area (Å²) in [5, 5.41) is 6.73.